The highest BCUT2D eigenvalue weighted by atomic mass is 16.2. The Labute approximate surface area is 156 Å². The molecule has 0 spiro atoms. The van der Waals surface area contributed by atoms with Crippen molar-refractivity contribution in [2.45, 2.75) is 20.0 Å². The Kier molecular flexibility index (Phi) is 4.61. The number of amides is 1. The number of nitrogens with one attached hydrogen (secondary N) is 1. The number of rotatable bonds is 5. The van der Waals surface area contributed by atoms with Gasteiger partial charge in [0.15, 0.2) is 0 Å². The van der Waals surface area contributed by atoms with E-state index < -0.39 is 0 Å². The van der Waals surface area contributed by atoms with Gasteiger partial charge < -0.3 is 4.90 Å². The van der Waals surface area contributed by atoms with Gasteiger partial charge in [0.2, 0.25) is 0 Å². The Hall–Kier alpha value is -3.54. The largest absolute Gasteiger partial charge is 0.328 e. The normalized spacial score (nSPS) is 10.9. The lowest BCUT2D eigenvalue weighted by Crippen LogP contribution is -2.30. The molecule has 0 aliphatic rings. The molecule has 0 saturated heterocycles. The first-order chi connectivity index (χ1) is 13.2. The van der Waals surface area contributed by atoms with Crippen molar-refractivity contribution in [1.82, 2.24) is 25.3 Å². The Morgan fingerprint density at radius 2 is 1.85 bits per heavy atom. The van der Waals surface area contributed by atoms with Gasteiger partial charge in [-0.3, -0.25) is 9.78 Å². The van der Waals surface area contributed by atoms with Crippen LogP contribution < -0.4 is 0 Å². The molecule has 0 aliphatic carbocycles. The summed E-state index contributed by atoms with van der Waals surface area (Å²) in [6, 6.07) is 19.3. The molecule has 2 aromatic carbocycles. The summed E-state index contributed by atoms with van der Waals surface area (Å²) >= 11 is 0. The van der Waals surface area contributed by atoms with Crippen molar-refractivity contribution in [3.8, 4) is 0 Å². The highest BCUT2D eigenvalue weighted by molar-refractivity contribution is 5.97. The fraction of sp³-hybridized carbons (Fsp3) is 0.143. The summed E-state index contributed by atoms with van der Waals surface area (Å²) < 4.78 is 0. The molecule has 0 aliphatic heterocycles. The number of hydrogen-bond acceptors (Lipinski definition) is 4. The summed E-state index contributed by atoms with van der Waals surface area (Å²) in [6.07, 6.45) is 1.74. The lowest BCUT2D eigenvalue weighted by Gasteiger charge is -2.23. The van der Waals surface area contributed by atoms with Crippen LogP contribution in [0.25, 0.3) is 11.0 Å². The maximum absolute atomic E-state index is 13.2. The molecular weight excluding hydrogens is 338 g/mol. The van der Waals surface area contributed by atoms with Gasteiger partial charge in [0.1, 0.15) is 11.0 Å². The maximum atomic E-state index is 13.2. The van der Waals surface area contributed by atoms with Gasteiger partial charge in [-0.05, 0) is 42.8 Å². The first kappa shape index (κ1) is 16.9. The number of aryl methyl sites for hydroxylation is 1. The van der Waals surface area contributed by atoms with E-state index in [1.165, 1.54) is 5.56 Å². The van der Waals surface area contributed by atoms with Gasteiger partial charge in [-0.25, -0.2) is 0 Å². The lowest BCUT2D eigenvalue weighted by atomic mass is 10.1. The number of fused-ring (bicyclic) bond motifs is 1. The van der Waals surface area contributed by atoms with Crippen LogP contribution in [0.2, 0.25) is 0 Å². The highest BCUT2D eigenvalue weighted by Gasteiger charge is 2.18. The number of pyridine rings is 1. The molecule has 4 rings (SSSR count). The average molecular weight is 357 g/mol. The van der Waals surface area contributed by atoms with E-state index in [-0.39, 0.29) is 5.91 Å². The van der Waals surface area contributed by atoms with E-state index in [1.807, 2.05) is 43.3 Å². The number of carbonyl (C=O) groups is 1. The molecule has 0 fully saturated rings. The molecule has 0 bridgehead atoms. The molecule has 4 aromatic rings. The second kappa shape index (κ2) is 7.37. The van der Waals surface area contributed by atoms with Crippen molar-refractivity contribution < 1.29 is 4.79 Å². The number of carbonyl (C=O) groups excluding carboxylic acids is 1. The van der Waals surface area contributed by atoms with Crippen molar-refractivity contribution in [3.63, 3.8) is 0 Å². The zero-order valence-electron chi connectivity index (χ0n) is 15.0. The summed E-state index contributed by atoms with van der Waals surface area (Å²) in [7, 11) is 0. The van der Waals surface area contributed by atoms with E-state index >= 15 is 0 Å². The standard InChI is InChI=1S/C21H19N5O/c1-15-5-4-6-16(11-15)13-26(14-18-7-2-3-10-22-18)21(27)17-8-9-19-20(12-17)24-25-23-19/h2-12H,13-14H2,1H3,(H,23,24,25). The minimum atomic E-state index is -0.0629. The van der Waals surface area contributed by atoms with Crippen LogP contribution in [0.4, 0.5) is 0 Å². The van der Waals surface area contributed by atoms with Crippen LogP contribution in [0.3, 0.4) is 0 Å². The first-order valence-electron chi connectivity index (χ1n) is 8.74. The van der Waals surface area contributed by atoms with Gasteiger partial charge in [-0.1, -0.05) is 35.9 Å². The van der Waals surface area contributed by atoms with E-state index in [9.17, 15) is 4.79 Å². The molecule has 1 N–H and O–H groups in total. The summed E-state index contributed by atoms with van der Waals surface area (Å²) in [5.74, 6) is -0.0629. The molecule has 27 heavy (non-hydrogen) atoms. The second-order valence-corrected chi connectivity index (χ2v) is 6.50. The van der Waals surface area contributed by atoms with E-state index in [2.05, 4.69) is 26.5 Å². The van der Waals surface area contributed by atoms with E-state index in [0.717, 1.165) is 16.8 Å². The van der Waals surface area contributed by atoms with Crippen molar-refractivity contribution in [2.24, 2.45) is 0 Å². The summed E-state index contributed by atoms with van der Waals surface area (Å²) in [5.41, 5.74) is 5.10. The Balaban J connectivity index is 1.65. The number of aromatic nitrogens is 4. The summed E-state index contributed by atoms with van der Waals surface area (Å²) in [6.45, 7) is 2.99. The number of benzene rings is 2. The quantitative estimate of drug-likeness (QED) is 0.593. The van der Waals surface area contributed by atoms with Crippen molar-refractivity contribution in [2.75, 3.05) is 0 Å². The molecule has 134 valence electrons. The molecule has 2 heterocycles. The fourth-order valence-electron chi connectivity index (χ4n) is 3.07. The smallest absolute Gasteiger partial charge is 0.254 e. The molecule has 0 atom stereocenters. The minimum Gasteiger partial charge on any atom is -0.328 e. The number of hydrogen-bond donors (Lipinski definition) is 1. The Morgan fingerprint density at radius 1 is 0.963 bits per heavy atom. The maximum Gasteiger partial charge on any atom is 0.254 e. The zero-order valence-corrected chi connectivity index (χ0v) is 15.0. The van der Waals surface area contributed by atoms with Crippen molar-refractivity contribution in [1.29, 1.82) is 0 Å². The Morgan fingerprint density at radius 3 is 2.67 bits per heavy atom. The average Bonchev–Trinajstić information content (AvgIpc) is 3.15. The topological polar surface area (TPSA) is 74.8 Å². The molecule has 0 radical (unpaired) electrons. The van der Waals surface area contributed by atoms with Crippen molar-refractivity contribution >= 4 is 16.9 Å². The van der Waals surface area contributed by atoms with Gasteiger partial charge in [0.05, 0.1) is 12.2 Å². The minimum absolute atomic E-state index is 0.0629. The predicted octanol–water partition coefficient (Wildman–Crippen LogP) is 3.50. The molecule has 2 aromatic heterocycles. The molecular formula is C21H19N5O. The third-order valence-electron chi connectivity index (χ3n) is 4.39. The third kappa shape index (κ3) is 3.84. The molecule has 1 amide bonds. The van der Waals surface area contributed by atoms with E-state index in [0.29, 0.717) is 24.2 Å². The van der Waals surface area contributed by atoms with Gasteiger partial charge >= 0.3 is 0 Å². The number of H-pyrrole nitrogens is 1. The lowest BCUT2D eigenvalue weighted by molar-refractivity contribution is 0.0728. The molecule has 0 unspecified atom stereocenters. The van der Waals surface area contributed by atoms with Crippen LogP contribution in [0.15, 0.2) is 66.9 Å². The summed E-state index contributed by atoms with van der Waals surface area (Å²) in [5, 5.41) is 10.7. The second-order valence-electron chi connectivity index (χ2n) is 6.50. The van der Waals surface area contributed by atoms with Crippen LogP contribution in [0.1, 0.15) is 27.2 Å². The molecule has 6 nitrogen and oxygen atoms in total. The van der Waals surface area contributed by atoms with Gasteiger partial charge in [0, 0.05) is 18.3 Å². The van der Waals surface area contributed by atoms with Crippen LogP contribution in [-0.4, -0.2) is 31.2 Å². The van der Waals surface area contributed by atoms with Crippen LogP contribution in [0.5, 0.6) is 0 Å². The number of nitrogens with zero attached hydrogens (tertiary/aromatic N) is 4. The van der Waals surface area contributed by atoms with Crippen LogP contribution in [-0.2, 0) is 13.1 Å². The number of aromatic amines is 1. The van der Waals surface area contributed by atoms with Gasteiger partial charge in [-0.2, -0.15) is 15.4 Å². The van der Waals surface area contributed by atoms with E-state index in [4.69, 9.17) is 0 Å². The summed E-state index contributed by atoms with van der Waals surface area (Å²) in [4.78, 5) is 19.4. The highest BCUT2D eigenvalue weighted by Crippen LogP contribution is 2.17. The van der Waals surface area contributed by atoms with Crippen molar-refractivity contribution in [3.05, 3.63) is 89.2 Å². The molecule has 0 saturated carbocycles. The fourth-order valence-corrected chi connectivity index (χ4v) is 3.07. The Bertz CT molecular complexity index is 1070. The van der Waals surface area contributed by atoms with Crippen LogP contribution in [0, 0.1) is 6.92 Å². The van der Waals surface area contributed by atoms with Gasteiger partial charge in [-0.15, -0.1) is 0 Å². The van der Waals surface area contributed by atoms with Gasteiger partial charge in [0.25, 0.3) is 5.91 Å². The first-order valence-corrected chi connectivity index (χ1v) is 8.74. The third-order valence-corrected chi connectivity index (χ3v) is 4.39. The predicted molar refractivity (Wildman–Crippen MR) is 103 cm³/mol. The van der Waals surface area contributed by atoms with Crippen LogP contribution >= 0.6 is 0 Å². The SMILES string of the molecule is Cc1cccc(CN(Cc2ccccn2)C(=O)c2ccc3n[nH]nc3c2)c1. The zero-order chi connectivity index (χ0) is 18.6. The molecule has 6 heteroatoms. The van der Waals surface area contributed by atoms with E-state index in [1.54, 1.807) is 29.3 Å². The monoisotopic (exact) mass is 357 g/mol.